The van der Waals surface area contributed by atoms with E-state index in [0.717, 1.165) is 17.5 Å². The number of amides is 1. The molecule has 100 valence electrons. The highest BCUT2D eigenvalue weighted by molar-refractivity contribution is 5.96. The number of carbonyl (C=O) groups is 1. The summed E-state index contributed by atoms with van der Waals surface area (Å²) in [5.41, 5.74) is 9.07. The molecule has 0 aliphatic heterocycles. The average Bonchev–Trinajstić information content (AvgIpc) is 2.31. The molecule has 0 radical (unpaired) electrons. The minimum absolute atomic E-state index is 0.0807. The maximum Gasteiger partial charge on any atom is 0.251 e. The molecule has 1 aromatic carbocycles. The first-order valence-electron chi connectivity index (χ1n) is 6.12. The fraction of sp³-hybridized carbons (Fsp3) is 0.500. The molecule has 1 rings (SSSR count). The maximum absolute atomic E-state index is 12.1. The van der Waals surface area contributed by atoms with Crippen molar-refractivity contribution in [3.63, 3.8) is 0 Å². The Morgan fingerprint density at radius 1 is 1.39 bits per heavy atom. The van der Waals surface area contributed by atoms with Crippen molar-refractivity contribution in [2.45, 2.75) is 33.2 Å². The van der Waals surface area contributed by atoms with Crippen LogP contribution < -0.4 is 11.1 Å². The Labute approximate surface area is 109 Å². The van der Waals surface area contributed by atoms with Gasteiger partial charge in [-0.2, -0.15) is 0 Å². The summed E-state index contributed by atoms with van der Waals surface area (Å²) in [6, 6.07) is 3.76. The molecule has 1 atom stereocenters. The molecular weight excluding hydrogens is 228 g/mol. The average molecular weight is 250 g/mol. The van der Waals surface area contributed by atoms with E-state index in [1.807, 2.05) is 26.8 Å². The van der Waals surface area contributed by atoms with Crippen LogP contribution in [0.3, 0.4) is 0 Å². The molecular formula is C14H22N2O2. The second-order valence-electron chi connectivity index (χ2n) is 4.68. The van der Waals surface area contributed by atoms with Gasteiger partial charge in [0.25, 0.3) is 5.91 Å². The summed E-state index contributed by atoms with van der Waals surface area (Å²) in [5.74, 6) is -0.0807. The van der Waals surface area contributed by atoms with Gasteiger partial charge in [-0.05, 0) is 44.4 Å². The molecule has 4 nitrogen and oxygen atoms in total. The van der Waals surface area contributed by atoms with Crippen molar-refractivity contribution in [2.75, 3.05) is 19.5 Å². The minimum Gasteiger partial charge on any atom is -0.398 e. The Morgan fingerprint density at radius 3 is 2.67 bits per heavy atom. The second-order valence-corrected chi connectivity index (χ2v) is 4.68. The lowest BCUT2D eigenvalue weighted by Gasteiger charge is -2.15. The van der Waals surface area contributed by atoms with Gasteiger partial charge >= 0.3 is 0 Å². The Morgan fingerprint density at radius 2 is 2.06 bits per heavy atom. The van der Waals surface area contributed by atoms with Crippen LogP contribution in [-0.4, -0.2) is 25.7 Å². The number of rotatable bonds is 5. The highest BCUT2D eigenvalue weighted by atomic mass is 16.5. The first kappa shape index (κ1) is 14.5. The lowest BCUT2D eigenvalue weighted by atomic mass is 10.0. The fourth-order valence-corrected chi connectivity index (χ4v) is 1.78. The molecule has 3 N–H and O–H groups in total. The quantitative estimate of drug-likeness (QED) is 0.786. The second kappa shape index (κ2) is 6.40. The van der Waals surface area contributed by atoms with Gasteiger partial charge in [0, 0.05) is 31.0 Å². The van der Waals surface area contributed by atoms with Crippen LogP contribution in [0.25, 0.3) is 0 Å². The number of carbonyl (C=O) groups excluding carboxylic acids is 1. The third-order valence-corrected chi connectivity index (χ3v) is 2.99. The standard InChI is InChI=1S/C14H22N2O2/c1-9-7-10(2)13(15)8-12(9)14(17)16-11(3)5-6-18-4/h7-8,11H,5-6,15H2,1-4H3,(H,16,17). The summed E-state index contributed by atoms with van der Waals surface area (Å²) in [4.78, 5) is 12.1. The monoisotopic (exact) mass is 250 g/mol. The summed E-state index contributed by atoms with van der Waals surface area (Å²) in [6.07, 6.45) is 0.794. The van der Waals surface area contributed by atoms with Crippen LogP contribution in [0.15, 0.2) is 12.1 Å². The van der Waals surface area contributed by atoms with Crippen LogP contribution in [0.2, 0.25) is 0 Å². The molecule has 0 aromatic heterocycles. The molecule has 0 saturated heterocycles. The summed E-state index contributed by atoms with van der Waals surface area (Å²) >= 11 is 0. The molecule has 0 spiro atoms. The Hall–Kier alpha value is -1.55. The number of hydrogen-bond donors (Lipinski definition) is 2. The van der Waals surface area contributed by atoms with Crippen LogP contribution in [-0.2, 0) is 4.74 Å². The molecule has 1 amide bonds. The fourth-order valence-electron chi connectivity index (χ4n) is 1.78. The molecule has 4 heteroatoms. The van der Waals surface area contributed by atoms with Crippen molar-refractivity contribution < 1.29 is 9.53 Å². The van der Waals surface area contributed by atoms with Crippen LogP contribution in [0.1, 0.15) is 34.8 Å². The Balaban J connectivity index is 2.75. The number of nitrogens with one attached hydrogen (secondary N) is 1. The SMILES string of the molecule is COCCC(C)NC(=O)c1cc(N)c(C)cc1C. The molecule has 0 aliphatic rings. The first-order chi connectivity index (χ1) is 8.45. The zero-order chi connectivity index (χ0) is 13.7. The summed E-state index contributed by atoms with van der Waals surface area (Å²) in [6.45, 7) is 6.45. The zero-order valence-electron chi connectivity index (χ0n) is 11.5. The normalized spacial score (nSPS) is 12.2. The van der Waals surface area contributed by atoms with Crippen molar-refractivity contribution in [2.24, 2.45) is 0 Å². The van der Waals surface area contributed by atoms with E-state index in [0.29, 0.717) is 17.9 Å². The largest absolute Gasteiger partial charge is 0.398 e. The molecule has 0 fully saturated rings. The van der Waals surface area contributed by atoms with Gasteiger partial charge < -0.3 is 15.8 Å². The highest BCUT2D eigenvalue weighted by Gasteiger charge is 2.13. The lowest BCUT2D eigenvalue weighted by Crippen LogP contribution is -2.33. The molecule has 0 heterocycles. The van der Waals surface area contributed by atoms with E-state index in [1.165, 1.54) is 0 Å². The van der Waals surface area contributed by atoms with Crippen molar-refractivity contribution in [1.29, 1.82) is 0 Å². The summed E-state index contributed by atoms with van der Waals surface area (Å²) in [7, 11) is 1.65. The molecule has 0 saturated carbocycles. The molecule has 1 aromatic rings. The van der Waals surface area contributed by atoms with Crippen molar-refractivity contribution >= 4 is 11.6 Å². The van der Waals surface area contributed by atoms with Crippen molar-refractivity contribution in [1.82, 2.24) is 5.32 Å². The van der Waals surface area contributed by atoms with E-state index in [4.69, 9.17) is 10.5 Å². The van der Waals surface area contributed by atoms with Gasteiger partial charge in [-0.15, -0.1) is 0 Å². The van der Waals surface area contributed by atoms with Crippen molar-refractivity contribution in [3.05, 3.63) is 28.8 Å². The topological polar surface area (TPSA) is 64.3 Å². The number of ether oxygens (including phenoxy) is 1. The molecule has 0 aliphatic carbocycles. The van der Waals surface area contributed by atoms with E-state index in [-0.39, 0.29) is 11.9 Å². The van der Waals surface area contributed by atoms with Crippen LogP contribution in [0.5, 0.6) is 0 Å². The van der Waals surface area contributed by atoms with E-state index in [2.05, 4.69) is 5.32 Å². The van der Waals surface area contributed by atoms with E-state index in [9.17, 15) is 4.79 Å². The van der Waals surface area contributed by atoms with Crippen LogP contribution >= 0.6 is 0 Å². The van der Waals surface area contributed by atoms with E-state index in [1.54, 1.807) is 13.2 Å². The Bertz CT molecular complexity index is 430. The van der Waals surface area contributed by atoms with Crippen LogP contribution in [0, 0.1) is 13.8 Å². The molecule has 18 heavy (non-hydrogen) atoms. The Kier molecular flexibility index (Phi) is 5.16. The maximum atomic E-state index is 12.1. The van der Waals surface area contributed by atoms with Gasteiger partial charge in [0.2, 0.25) is 0 Å². The van der Waals surface area contributed by atoms with Gasteiger partial charge in [0.15, 0.2) is 0 Å². The lowest BCUT2D eigenvalue weighted by molar-refractivity contribution is 0.0929. The highest BCUT2D eigenvalue weighted by Crippen LogP contribution is 2.17. The van der Waals surface area contributed by atoms with Crippen molar-refractivity contribution in [3.8, 4) is 0 Å². The molecule has 1 unspecified atom stereocenters. The smallest absolute Gasteiger partial charge is 0.251 e. The summed E-state index contributed by atoms with van der Waals surface area (Å²) in [5, 5.41) is 2.94. The van der Waals surface area contributed by atoms with Gasteiger partial charge in [-0.1, -0.05) is 6.07 Å². The van der Waals surface area contributed by atoms with Gasteiger partial charge in [-0.3, -0.25) is 4.79 Å². The number of aryl methyl sites for hydroxylation is 2. The predicted octanol–water partition coefficient (Wildman–Crippen LogP) is 2.04. The number of hydrogen-bond acceptors (Lipinski definition) is 3. The summed E-state index contributed by atoms with van der Waals surface area (Å²) < 4.78 is 4.99. The van der Waals surface area contributed by atoms with E-state index < -0.39 is 0 Å². The third kappa shape index (κ3) is 3.74. The van der Waals surface area contributed by atoms with E-state index >= 15 is 0 Å². The van der Waals surface area contributed by atoms with Gasteiger partial charge in [-0.25, -0.2) is 0 Å². The molecule has 0 bridgehead atoms. The van der Waals surface area contributed by atoms with Gasteiger partial charge in [0.1, 0.15) is 0 Å². The number of nitrogen functional groups attached to an aromatic ring is 1. The number of nitrogens with two attached hydrogens (primary N) is 1. The third-order valence-electron chi connectivity index (χ3n) is 2.99. The number of anilines is 1. The van der Waals surface area contributed by atoms with Crippen LogP contribution in [0.4, 0.5) is 5.69 Å². The minimum atomic E-state index is -0.0807. The first-order valence-corrected chi connectivity index (χ1v) is 6.12. The number of benzene rings is 1. The number of methoxy groups -OCH3 is 1. The predicted molar refractivity (Wildman–Crippen MR) is 73.7 cm³/mol. The van der Waals surface area contributed by atoms with Gasteiger partial charge in [0.05, 0.1) is 0 Å². The zero-order valence-corrected chi connectivity index (χ0v) is 11.5.